The molecule has 0 spiro atoms. The Labute approximate surface area is 127 Å². The molecular weight excluding hydrogens is 258 g/mol. The van der Waals surface area contributed by atoms with Crippen LogP contribution in [-0.4, -0.2) is 7.11 Å². The third kappa shape index (κ3) is 3.64. The minimum absolute atomic E-state index is 0.309. The molecule has 0 heterocycles. The van der Waals surface area contributed by atoms with Gasteiger partial charge in [-0.25, -0.2) is 0 Å². The number of hydrogen-bond acceptors (Lipinski definition) is 2. The molecule has 1 aliphatic rings. The smallest absolute Gasteiger partial charge is 0.119 e. The standard InChI is InChI=1S/C19H23NO/c1-14(18-4-3-5-19(12-18)21-2)20-13-15-6-8-16(9-7-15)17-10-11-17/h3-9,12,14,17,20H,10-11,13H2,1-2H3. The van der Waals surface area contributed by atoms with Crippen LogP contribution >= 0.6 is 0 Å². The highest BCUT2D eigenvalue weighted by Gasteiger charge is 2.22. The molecule has 0 radical (unpaired) electrons. The van der Waals surface area contributed by atoms with Gasteiger partial charge in [0.2, 0.25) is 0 Å². The van der Waals surface area contributed by atoms with Gasteiger partial charge in [0, 0.05) is 12.6 Å². The predicted octanol–water partition coefficient (Wildman–Crippen LogP) is 4.42. The molecule has 0 amide bonds. The van der Waals surface area contributed by atoms with E-state index in [0.717, 1.165) is 18.2 Å². The minimum Gasteiger partial charge on any atom is -0.497 e. The summed E-state index contributed by atoms with van der Waals surface area (Å²) in [5, 5.41) is 3.58. The quantitative estimate of drug-likeness (QED) is 0.846. The van der Waals surface area contributed by atoms with Gasteiger partial charge in [-0.2, -0.15) is 0 Å². The highest BCUT2D eigenvalue weighted by molar-refractivity contribution is 5.31. The second kappa shape index (κ2) is 6.31. The van der Waals surface area contributed by atoms with E-state index in [-0.39, 0.29) is 0 Å². The number of rotatable bonds is 6. The van der Waals surface area contributed by atoms with Crippen LogP contribution in [0.15, 0.2) is 48.5 Å². The average molecular weight is 281 g/mol. The van der Waals surface area contributed by atoms with Gasteiger partial charge in [0.05, 0.1) is 7.11 Å². The Morgan fingerprint density at radius 2 is 1.90 bits per heavy atom. The molecule has 2 heteroatoms. The van der Waals surface area contributed by atoms with Crippen LogP contribution < -0.4 is 10.1 Å². The van der Waals surface area contributed by atoms with Gasteiger partial charge in [0.1, 0.15) is 5.75 Å². The molecule has 0 aliphatic heterocycles. The van der Waals surface area contributed by atoms with Gasteiger partial charge in [-0.15, -0.1) is 0 Å². The molecule has 2 aromatic rings. The van der Waals surface area contributed by atoms with Crippen LogP contribution in [0.4, 0.5) is 0 Å². The Morgan fingerprint density at radius 1 is 1.14 bits per heavy atom. The van der Waals surface area contributed by atoms with E-state index >= 15 is 0 Å². The van der Waals surface area contributed by atoms with Crippen molar-refractivity contribution in [2.45, 2.75) is 38.3 Å². The Morgan fingerprint density at radius 3 is 2.57 bits per heavy atom. The molecule has 1 atom stereocenters. The number of methoxy groups -OCH3 is 1. The van der Waals surface area contributed by atoms with Crippen molar-refractivity contribution in [1.82, 2.24) is 5.32 Å². The summed E-state index contributed by atoms with van der Waals surface area (Å²) < 4.78 is 5.28. The molecule has 1 unspecified atom stereocenters. The highest BCUT2D eigenvalue weighted by Crippen LogP contribution is 2.39. The van der Waals surface area contributed by atoms with Crippen LogP contribution in [0.1, 0.15) is 48.4 Å². The minimum atomic E-state index is 0.309. The van der Waals surface area contributed by atoms with Crippen LogP contribution in [0.5, 0.6) is 5.75 Å². The largest absolute Gasteiger partial charge is 0.497 e. The Hall–Kier alpha value is -1.80. The van der Waals surface area contributed by atoms with Crippen LogP contribution in [0.2, 0.25) is 0 Å². The molecule has 1 saturated carbocycles. The zero-order valence-corrected chi connectivity index (χ0v) is 12.8. The molecule has 0 aromatic heterocycles. The lowest BCUT2D eigenvalue weighted by Crippen LogP contribution is -2.18. The first-order chi connectivity index (χ1) is 10.3. The first kappa shape index (κ1) is 14.2. The summed E-state index contributed by atoms with van der Waals surface area (Å²) in [7, 11) is 1.71. The molecule has 2 nitrogen and oxygen atoms in total. The van der Waals surface area contributed by atoms with Crippen molar-refractivity contribution in [2.75, 3.05) is 7.11 Å². The lowest BCUT2D eigenvalue weighted by Gasteiger charge is -2.15. The number of ether oxygens (including phenoxy) is 1. The van der Waals surface area contributed by atoms with Gasteiger partial charge < -0.3 is 10.1 Å². The summed E-state index contributed by atoms with van der Waals surface area (Å²) in [4.78, 5) is 0. The zero-order valence-electron chi connectivity index (χ0n) is 12.8. The number of hydrogen-bond donors (Lipinski definition) is 1. The van der Waals surface area contributed by atoms with Crippen molar-refractivity contribution in [1.29, 1.82) is 0 Å². The van der Waals surface area contributed by atoms with E-state index in [2.05, 4.69) is 48.6 Å². The predicted molar refractivity (Wildman–Crippen MR) is 86.7 cm³/mol. The molecular formula is C19H23NO. The molecule has 1 aliphatic carbocycles. The van der Waals surface area contributed by atoms with E-state index in [1.54, 1.807) is 7.11 Å². The summed E-state index contributed by atoms with van der Waals surface area (Å²) >= 11 is 0. The lowest BCUT2D eigenvalue weighted by atomic mass is 10.1. The fourth-order valence-corrected chi connectivity index (χ4v) is 2.62. The van der Waals surface area contributed by atoms with E-state index in [1.165, 1.54) is 29.5 Å². The van der Waals surface area contributed by atoms with Crippen molar-refractivity contribution >= 4 is 0 Å². The summed E-state index contributed by atoms with van der Waals surface area (Å²) in [6.45, 7) is 3.08. The van der Waals surface area contributed by atoms with Gasteiger partial charge in [-0.05, 0) is 54.5 Å². The second-order valence-corrected chi connectivity index (χ2v) is 5.90. The molecule has 1 N–H and O–H groups in total. The number of benzene rings is 2. The van der Waals surface area contributed by atoms with E-state index < -0.39 is 0 Å². The van der Waals surface area contributed by atoms with Crippen LogP contribution in [0, 0.1) is 0 Å². The summed E-state index contributed by atoms with van der Waals surface area (Å²) in [6, 6.07) is 17.6. The maximum atomic E-state index is 5.28. The van der Waals surface area contributed by atoms with Gasteiger partial charge in [0.15, 0.2) is 0 Å². The molecule has 3 rings (SSSR count). The van der Waals surface area contributed by atoms with Gasteiger partial charge in [-0.1, -0.05) is 36.4 Å². The first-order valence-corrected chi connectivity index (χ1v) is 7.72. The average Bonchev–Trinajstić information content (AvgIpc) is 3.38. The van der Waals surface area contributed by atoms with Crippen molar-refractivity contribution in [3.63, 3.8) is 0 Å². The van der Waals surface area contributed by atoms with Crippen molar-refractivity contribution in [3.05, 3.63) is 65.2 Å². The Balaban J connectivity index is 1.58. The monoisotopic (exact) mass is 281 g/mol. The zero-order chi connectivity index (χ0) is 14.7. The molecule has 2 aromatic carbocycles. The van der Waals surface area contributed by atoms with Gasteiger partial charge in [0.25, 0.3) is 0 Å². The SMILES string of the molecule is COc1cccc(C(C)NCc2ccc(C3CC3)cc2)c1. The third-order valence-electron chi connectivity index (χ3n) is 4.23. The fourth-order valence-electron chi connectivity index (χ4n) is 2.62. The Bertz CT molecular complexity index is 587. The summed E-state index contributed by atoms with van der Waals surface area (Å²) in [6.07, 6.45) is 2.73. The summed E-state index contributed by atoms with van der Waals surface area (Å²) in [5.74, 6) is 1.75. The molecule has 0 saturated heterocycles. The first-order valence-electron chi connectivity index (χ1n) is 7.72. The molecule has 21 heavy (non-hydrogen) atoms. The lowest BCUT2D eigenvalue weighted by molar-refractivity contribution is 0.413. The topological polar surface area (TPSA) is 21.3 Å². The van der Waals surface area contributed by atoms with Crippen molar-refractivity contribution in [2.24, 2.45) is 0 Å². The van der Waals surface area contributed by atoms with Crippen molar-refractivity contribution < 1.29 is 4.74 Å². The van der Waals surface area contributed by atoms with Crippen LogP contribution in [0.25, 0.3) is 0 Å². The maximum absolute atomic E-state index is 5.28. The number of nitrogens with one attached hydrogen (secondary N) is 1. The van der Waals surface area contributed by atoms with Crippen LogP contribution in [-0.2, 0) is 6.54 Å². The fraction of sp³-hybridized carbons (Fsp3) is 0.368. The Kier molecular flexibility index (Phi) is 4.26. The van der Waals surface area contributed by atoms with Crippen molar-refractivity contribution in [3.8, 4) is 5.75 Å². The second-order valence-electron chi connectivity index (χ2n) is 5.90. The molecule has 0 bridgehead atoms. The normalized spacial score (nSPS) is 15.7. The summed E-state index contributed by atoms with van der Waals surface area (Å²) in [5.41, 5.74) is 4.10. The van der Waals surface area contributed by atoms with E-state index in [9.17, 15) is 0 Å². The van der Waals surface area contributed by atoms with E-state index in [4.69, 9.17) is 4.74 Å². The maximum Gasteiger partial charge on any atom is 0.119 e. The van der Waals surface area contributed by atoms with E-state index in [1.807, 2.05) is 12.1 Å². The van der Waals surface area contributed by atoms with E-state index in [0.29, 0.717) is 6.04 Å². The molecule has 110 valence electrons. The third-order valence-corrected chi connectivity index (χ3v) is 4.23. The highest BCUT2D eigenvalue weighted by atomic mass is 16.5. The molecule has 1 fully saturated rings. The van der Waals surface area contributed by atoms with Crippen LogP contribution in [0.3, 0.4) is 0 Å². The van der Waals surface area contributed by atoms with Gasteiger partial charge >= 0.3 is 0 Å². The van der Waals surface area contributed by atoms with Gasteiger partial charge in [-0.3, -0.25) is 0 Å².